The zero-order valence-electron chi connectivity index (χ0n) is 24.6. The fraction of sp³-hybridized carbons (Fsp3) is 0.486. The molecule has 0 amide bonds. The monoisotopic (exact) mass is 588 g/mol. The number of anilines is 1. The second-order valence-electron chi connectivity index (χ2n) is 12.7. The van der Waals surface area contributed by atoms with Crippen LogP contribution in [0, 0.1) is 11.8 Å². The maximum atomic E-state index is 12.7. The number of fused-ring (bicyclic) bond motifs is 3. The maximum absolute atomic E-state index is 12.7. The van der Waals surface area contributed by atoms with Gasteiger partial charge in [0, 0.05) is 35.3 Å². The van der Waals surface area contributed by atoms with E-state index in [0.29, 0.717) is 36.3 Å². The van der Waals surface area contributed by atoms with E-state index in [0.717, 1.165) is 67.6 Å². The number of ether oxygens (including phenoxy) is 2. The fourth-order valence-electron chi connectivity index (χ4n) is 8.00. The number of methoxy groups -OCH3 is 1. The third-order valence-corrected chi connectivity index (χ3v) is 10.4. The Kier molecular flexibility index (Phi) is 8.21. The molecule has 0 saturated heterocycles. The van der Waals surface area contributed by atoms with Crippen LogP contribution in [0.1, 0.15) is 80.4 Å². The average Bonchev–Trinajstić information content (AvgIpc) is 3.29. The molecule has 0 radical (unpaired) electrons. The van der Waals surface area contributed by atoms with Crippen molar-refractivity contribution < 1.29 is 19.4 Å². The summed E-state index contributed by atoms with van der Waals surface area (Å²) < 4.78 is 12.3. The summed E-state index contributed by atoms with van der Waals surface area (Å²) in [5.41, 5.74) is 4.75. The van der Waals surface area contributed by atoms with E-state index in [2.05, 4.69) is 41.5 Å². The summed E-state index contributed by atoms with van der Waals surface area (Å²) in [5, 5.41) is 14.4. The molecular formula is C35H41ClN2O4. The van der Waals surface area contributed by atoms with Gasteiger partial charge in [0.05, 0.1) is 12.7 Å². The highest BCUT2D eigenvalue weighted by Crippen LogP contribution is 2.56. The Bertz CT molecular complexity index is 1430. The van der Waals surface area contributed by atoms with E-state index in [-0.39, 0.29) is 11.5 Å². The topological polar surface area (TPSA) is 80.7 Å². The van der Waals surface area contributed by atoms with Gasteiger partial charge in [0.2, 0.25) is 0 Å². The molecular weight excluding hydrogens is 548 g/mol. The van der Waals surface area contributed by atoms with Gasteiger partial charge in [0.15, 0.2) is 0 Å². The molecule has 1 unspecified atom stereocenters. The molecule has 0 aliphatic heterocycles. The van der Waals surface area contributed by atoms with Crippen LogP contribution in [-0.4, -0.2) is 35.3 Å². The molecule has 1 heterocycles. The van der Waals surface area contributed by atoms with Crippen molar-refractivity contribution in [2.75, 3.05) is 19.0 Å². The summed E-state index contributed by atoms with van der Waals surface area (Å²) in [5.74, 6) is 0.880. The van der Waals surface area contributed by atoms with Crippen LogP contribution in [0.15, 0.2) is 60.8 Å². The molecule has 6 nitrogen and oxygen atoms in total. The lowest BCUT2D eigenvalue weighted by Crippen LogP contribution is -2.53. The minimum atomic E-state index is -1.01. The third kappa shape index (κ3) is 5.40. The van der Waals surface area contributed by atoms with Crippen LogP contribution in [0.3, 0.4) is 0 Å². The van der Waals surface area contributed by atoms with Gasteiger partial charge in [-0.3, -0.25) is 4.98 Å². The number of nitrogens with one attached hydrogen (secondary N) is 1. The van der Waals surface area contributed by atoms with Gasteiger partial charge in [0.1, 0.15) is 11.3 Å². The highest BCUT2D eigenvalue weighted by atomic mass is 35.5. The molecule has 3 aliphatic carbocycles. The van der Waals surface area contributed by atoms with Crippen LogP contribution in [0.25, 0.3) is 0 Å². The summed E-state index contributed by atoms with van der Waals surface area (Å²) in [6, 6.07) is 18.2. The molecule has 1 spiro atoms. The van der Waals surface area contributed by atoms with E-state index in [1.165, 1.54) is 11.1 Å². The summed E-state index contributed by atoms with van der Waals surface area (Å²) in [4.78, 5) is 17.3. The smallest absolute Gasteiger partial charge is 0.329 e. The molecule has 3 aliphatic rings. The summed E-state index contributed by atoms with van der Waals surface area (Å²) in [6.07, 6.45) is 9.77. The number of nitrogens with zero attached hydrogens (tertiary/aromatic N) is 1. The maximum Gasteiger partial charge on any atom is 0.329 e. The second-order valence-corrected chi connectivity index (χ2v) is 13.1. The van der Waals surface area contributed by atoms with Gasteiger partial charge in [-0.25, -0.2) is 4.79 Å². The predicted molar refractivity (Wildman–Crippen MR) is 165 cm³/mol. The first-order valence-electron chi connectivity index (χ1n) is 15.3. The number of pyridine rings is 1. The first-order chi connectivity index (χ1) is 20.3. The highest BCUT2D eigenvalue weighted by Gasteiger charge is 2.54. The highest BCUT2D eigenvalue weighted by molar-refractivity contribution is 6.30. The zero-order valence-corrected chi connectivity index (χ0v) is 25.3. The number of halogens is 1. The zero-order chi connectivity index (χ0) is 29.3. The van der Waals surface area contributed by atoms with Crippen molar-refractivity contribution in [2.45, 2.75) is 81.8 Å². The normalized spacial score (nSPS) is 27.2. The van der Waals surface area contributed by atoms with Crippen LogP contribution in [-0.2, 0) is 27.8 Å². The lowest BCUT2D eigenvalue weighted by atomic mass is 9.59. The number of aryl methyl sites for hydroxylation is 1. The van der Waals surface area contributed by atoms with Crippen LogP contribution in [0.5, 0.6) is 5.75 Å². The van der Waals surface area contributed by atoms with Crippen LogP contribution in [0.2, 0.25) is 5.02 Å². The first kappa shape index (κ1) is 29.0. The van der Waals surface area contributed by atoms with Crippen molar-refractivity contribution in [1.82, 2.24) is 4.98 Å². The van der Waals surface area contributed by atoms with Gasteiger partial charge in [-0.1, -0.05) is 48.9 Å². The molecule has 7 heteroatoms. The molecule has 42 heavy (non-hydrogen) atoms. The van der Waals surface area contributed by atoms with Crippen LogP contribution < -0.4 is 10.1 Å². The minimum Gasteiger partial charge on any atom is -0.493 e. The largest absolute Gasteiger partial charge is 0.493 e. The van der Waals surface area contributed by atoms with Crippen molar-refractivity contribution in [2.24, 2.45) is 11.8 Å². The Morgan fingerprint density at radius 3 is 2.71 bits per heavy atom. The van der Waals surface area contributed by atoms with Gasteiger partial charge in [0.25, 0.3) is 0 Å². The van der Waals surface area contributed by atoms with Crippen molar-refractivity contribution in [3.8, 4) is 5.75 Å². The van der Waals surface area contributed by atoms with Crippen molar-refractivity contribution in [1.29, 1.82) is 0 Å². The number of aromatic nitrogens is 1. The van der Waals surface area contributed by atoms with Crippen molar-refractivity contribution in [3.63, 3.8) is 0 Å². The number of aliphatic carboxylic acids is 1. The standard InChI is InChI=1S/C35H41ClN2O4/c1-23(22-42-31-13-18-37-29-11-6-12-30(41-2)32(29)31)19-25-20-24-7-3-4-10-28(24)34(25)14-16-35(17-15-34,33(39)40)38-27-9-5-8-26(36)21-27/h3-5,7-10,13,18,21,23,25,30,38H,6,11-12,14-17,19-20,22H2,1-2H3,(H,39,40)/t23-,25?,30+,34?,35?/m1/s1. The molecule has 222 valence electrons. The molecule has 2 N–H and O–H groups in total. The van der Waals surface area contributed by atoms with Gasteiger partial charge in [-0.2, -0.15) is 0 Å². The SMILES string of the molecule is CO[C@H]1CCCc2nccc(OC[C@H](C)CC3Cc4ccccc4C34CCC(Nc3cccc(Cl)c3)(C(=O)O)CC4)c21. The minimum absolute atomic E-state index is 0.0310. The summed E-state index contributed by atoms with van der Waals surface area (Å²) in [7, 11) is 1.77. The second kappa shape index (κ2) is 11.9. The number of carbonyl (C=O) groups is 1. The Labute approximate surface area is 253 Å². The molecule has 6 rings (SSSR count). The Balaban J connectivity index is 1.19. The van der Waals surface area contributed by atoms with E-state index >= 15 is 0 Å². The Morgan fingerprint density at radius 2 is 1.95 bits per heavy atom. The van der Waals surface area contributed by atoms with Gasteiger partial charge >= 0.3 is 5.97 Å². The van der Waals surface area contributed by atoms with Gasteiger partial charge in [-0.05, 0) is 110 Å². The van der Waals surface area contributed by atoms with E-state index in [1.807, 2.05) is 24.4 Å². The molecule has 1 saturated carbocycles. The van der Waals surface area contributed by atoms with E-state index in [1.54, 1.807) is 19.2 Å². The number of hydrogen-bond acceptors (Lipinski definition) is 5. The number of hydrogen-bond donors (Lipinski definition) is 2. The Morgan fingerprint density at radius 1 is 1.14 bits per heavy atom. The quantitative estimate of drug-likeness (QED) is 0.266. The molecule has 3 atom stereocenters. The summed E-state index contributed by atoms with van der Waals surface area (Å²) >= 11 is 6.22. The lowest BCUT2D eigenvalue weighted by molar-refractivity contribution is -0.144. The van der Waals surface area contributed by atoms with E-state index in [9.17, 15) is 9.90 Å². The average molecular weight is 589 g/mol. The van der Waals surface area contributed by atoms with E-state index in [4.69, 9.17) is 21.1 Å². The van der Waals surface area contributed by atoms with Gasteiger partial charge in [-0.15, -0.1) is 0 Å². The number of rotatable bonds is 9. The number of carboxylic acid groups (broad SMARTS) is 1. The number of benzene rings is 2. The van der Waals surface area contributed by atoms with Crippen molar-refractivity contribution in [3.05, 3.63) is 88.2 Å². The first-order valence-corrected chi connectivity index (χ1v) is 15.7. The number of carboxylic acids is 1. The van der Waals surface area contributed by atoms with Crippen LogP contribution in [0.4, 0.5) is 5.69 Å². The summed E-state index contributed by atoms with van der Waals surface area (Å²) in [6.45, 7) is 2.91. The van der Waals surface area contributed by atoms with Gasteiger partial charge < -0.3 is 19.9 Å². The molecule has 1 aromatic heterocycles. The molecule has 1 fully saturated rings. The molecule has 3 aromatic rings. The molecule has 0 bridgehead atoms. The third-order valence-electron chi connectivity index (χ3n) is 10.1. The predicted octanol–water partition coefficient (Wildman–Crippen LogP) is 7.78. The fourth-order valence-corrected chi connectivity index (χ4v) is 8.19. The van der Waals surface area contributed by atoms with E-state index < -0.39 is 11.5 Å². The Hall–Kier alpha value is -3.09. The van der Waals surface area contributed by atoms with Crippen LogP contribution >= 0.6 is 11.6 Å². The lowest BCUT2D eigenvalue weighted by Gasteiger charge is -2.47. The molecule has 2 aromatic carbocycles. The van der Waals surface area contributed by atoms with Crippen molar-refractivity contribution >= 4 is 23.3 Å².